The first-order valence-electron chi connectivity index (χ1n) is 11.1. The Labute approximate surface area is 187 Å². The molecule has 31 heavy (non-hydrogen) atoms. The molecule has 0 aliphatic rings. The number of ether oxygens (including phenoxy) is 1. The monoisotopic (exact) mass is 419 g/mol. The highest BCUT2D eigenvalue weighted by atomic mass is 16.5. The van der Waals surface area contributed by atoms with Crippen LogP contribution in [0.3, 0.4) is 0 Å². The van der Waals surface area contributed by atoms with Crippen LogP contribution in [0.4, 0.5) is 0 Å². The molecule has 3 rings (SSSR count). The molecule has 0 fully saturated rings. The molecule has 0 atom stereocenters. The molecule has 0 N–H and O–H groups in total. The van der Waals surface area contributed by atoms with Crippen LogP contribution in [0.5, 0.6) is 5.75 Å². The lowest BCUT2D eigenvalue weighted by Gasteiger charge is -2.32. The first-order chi connectivity index (χ1) is 14.5. The Kier molecular flexibility index (Phi) is 6.59. The van der Waals surface area contributed by atoms with Gasteiger partial charge in [0.2, 0.25) is 5.95 Å². The highest BCUT2D eigenvalue weighted by Crippen LogP contribution is 2.38. The third-order valence-corrected chi connectivity index (χ3v) is 5.45. The highest BCUT2D eigenvalue weighted by Gasteiger charge is 2.29. The van der Waals surface area contributed by atoms with Crippen LogP contribution in [-0.4, -0.2) is 14.5 Å². The minimum Gasteiger partial charge on any atom is -0.485 e. The Hall–Kier alpha value is -2.62. The number of aryl methyl sites for hydroxylation is 3. The van der Waals surface area contributed by atoms with E-state index in [1.165, 1.54) is 0 Å². The van der Waals surface area contributed by atoms with Gasteiger partial charge in [0, 0.05) is 11.4 Å². The second-order valence-corrected chi connectivity index (χ2v) is 10.7. The maximum atomic E-state index is 6.33. The number of rotatable bonds is 7. The molecule has 0 radical (unpaired) electrons. The van der Waals surface area contributed by atoms with E-state index in [9.17, 15) is 0 Å². The van der Waals surface area contributed by atoms with E-state index in [0.29, 0.717) is 6.61 Å². The molecule has 0 amide bonds. The first-order valence-corrected chi connectivity index (χ1v) is 11.1. The number of aromatic nitrogens is 3. The third kappa shape index (κ3) is 5.96. The zero-order chi connectivity index (χ0) is 22.8. The fraction of sp³-hybridized carbons (Fsp3) is 0.481. The maximum Gasteiger partial charge on any atom is 0.234 e. The lowest BCUT2D eigenvalue weighted by atomic mass is 9.74. The van der Waals surface area contributed by atoms with E-state index in [-0.39, 0.29) is 10.8 Å². The molecule has 1 aromatic carbocycles. The molecule has 0 unspecified atom stereocenters. The molecular weight excluding hydrogens is 382 g/mol. The van der Waals surface area contributed by atoms with Gasteiger partial charge in [-0.3, -0.25) is 4.57 Å². The smallest absolute Gasteiger partial charge is 0.234 e. The van der Waals surface area contributed by atoms with Crippen molar-refractivity contribution in [2.24, 2.45) is 10.8 Å². The molecular formula is C27H37N3O. The average Bonchev–Trinajstić information content (AvgIpc) is 2.97. The molecule has 0 bridgehead atoms. The Morgan fingerprint density at radius 3 is 2.03 bits per heavy atom. The van der Waals surface area contributed by atoms with Crippen LogP contribution in [0.25, 0.3) is 5.95 Å². The van der Waals surface area contributed by atoms with Crippen molar-refractivity contribution in [3.05, 3.63) is 70.8 Å². The standard InChI is InChI=1S/C27H37N3O/c1-19-14-15-20(2)30(19)25-28-21(3)24(31-17-22-12-10-9-11-13-22)23(29-25)16-27(7,8)18-26(4,5)6/h9-15H,16-18H2,1-8H3. The second-order valence-electron chi connectivity index (χ2n) is 10.7. The molecule has 2 heterocycles. The zero-order valence-corrected chi connectivity index (χ0v) is 20.4. The van der Waals surface area contributed by atoms with Gasteiger partial charge in [-0.1, -0.05) is 65.0 Å². The van der Waals surface area contributed by atoms with Crippen LogP contribution in [0.15, 0.2) is 42.5 Å². The number of benzene rings is 1. The Morgan fingerprint density at radius 1 is 0.839 bits per heavy atom. The molecule has 0 saturated heterocycles. The van der Waals surface area contributed by atoms with Crippen molar-refractivity contribution in [3.63, 3.8) is 0 Å². The van der Waals surface area contributed by atoms with Gasteiger partial charge < -0.3 is 4.74 Å². The van der Waals surface area contributed by atoms with Gasteiger partial charge in [0.15, 0.2) is 5.75 Å². The van der Waals surface area contributed by atoms with Crippen molar-refractivity contribution in [3.8, 4) is 11.7 Å². The van der Waals surface area contributed by atoms with Gasteiger partial charge in [0.25, 0.3) is 0 Å². The van der Waals surface area contributed by atoms with Gasteiger partial charge in [-0.25, -0.2) is 9.97 Å². The maximum absolute atomic E-state index is 6.33. The average molecular weight is 420 g/mol. The summed E-state index contributed by atoms with van der Waals surface area (Å²) in [6, 6.07) is 14.5. The van der Waals surface area contributed by atoms with E-state index in [1.807, 2.05) is 25.1 Å². The minimum absolute atomic E-state index is 0.0853. The van der Waals surface area contributed by atoms with Crippen LogP contribution in [-0.2, 0) is 13.0 Å². The fourth-order valence-electron chi connectivity index (χ4n) is 4.68. The zero-order valence-electron chi connectivity index (χ0n) is 20.4. The third-order valence-electron chi connectivity index (χ3n) is 5.45. The lowest BCUT2D eigenvalue weighted by molar-refractivity contribution is 0.206. The van der Waals surface area contributed by atoms with Gasteiger partial charge in [0.05, 0.1) is 11.4 Å². The van der Waals surface area contributed by atoms with Crippen LogP contribution in [0.1, 0.15) is 69.4 Å². The number of hydrogen-bond donors (Lipinski definition) is 0. The normalized spacial score (nSPS) is 12.3. The number of nitrogens with zero attached hydrogens (tertiary/aromatic N) is 3. The van der Waals surface area contributed by atoms with Crippen molar-refractivity contribution in [1.29, 1.82) is 0 Å². The Morgan fingerprint density at radius 2 is 1.45 bits per heavy atom. The predicted octanol–water partition coefficient (Wildman–Crippen LogP) is 6.78. The summed E-state index contributed by atoms with van der Waals surface area (Å²) in [5.41, 5.74) is 5.61. The van der Waals surface area contributed by atoms with E-state index in [4.69, 9.17) is 14.7 Å². The SMILES string of the molecule is Cc1nc(-n2c(C)ccc2C)nc(CC(C)(C)CC(C)(C)C)c1OCc1ccccc1. The molecule has 4 heteroatoms. The lowest BCUT2D eigenvalue weighted by Crippen LogP contribution is -2.24. The van der Waals surface area contributed by atoms with Gasteiger partial charge in [0.1, 0.15) is 6.61 Å². The van der Waals surface area contributed by atoms with Crippen molar-refractivity contribution in [2.75, 3.05) is 0 Å². The topological polar surface area (TPSA) is 39.9 Å². The summed E-state index contributed by atoms with van der Waals surface area (Å²) in [4.78, 5) is 9.89. The predicted molar refractivity (Wildman–Crippen MR) is 128 cm³/mol. The summed E-state index contributed by atoms with van der Waals surface area (Å²) in [5, 5.41) is 0. The summed E-state index contributed by atoms with van der Waals surface area (Å²) in [6.45, 7) is 18.3. The quantitative estimate of drug-likeness (QED) is 0.424. The van der Waals surface area contributed by atoms with Gasteiger partial charge in [-0.15, -0.1) is 0 Å². The second kappa shape index (κ2) is 8.86. The molecule has 0 aliphatic carbocycles. The molecule has 4 nitrogen and oxygen atoms in total. The minimum atomic E-state index is 0.0853. The van der Waals surface area contributed by atoms with Crippen LogP contribution < -0.4 is 4.74 Å². The van der Waals surface area contributed by atoms with E-state index < -0.39 is 0 Å². The summed E-state index contributed by atoms with van der Waals surface area (Å²) >= 11 is 0. The van der Waals surface area contributed by atoms with Gasteiger partial charge >= 0.3 is 0 Å². The molecule has 0 aliphatic heterocycles. The van der Waals surface area contributed by atoms with Crippen molar-refractivity contribution < 1.29 is 4.74 Å². The summed E-state index contributed by atoms with van der Waals surface area (Å²) in [7, 11) is 0. The van der Waals surface area contributed by atoms with Gasteiger partial charge in [-0.2, -0.15) is 0 Å². The van der Waals surface area contributed by atoms with E-state index in [1.54, 1.807) is 0 Å². The van der Waals surface area contributed by atoms with Crippen molar-refractivity contribution >= 4 is 0 Å². The molecule has 3 aromatic rings. The fourth-order valence-corrected chi connectivity index (χ4v) is 4.68. The Balaban J connectivity index is 2.02. The first kappa shape index (κ1) is 23.1. The van der Waals surface area contributed by atoms with Crippen LogP contribution in [0, 0.1) is 31.6 Å². The molecule has 2 aromatic heterocycles. The summed E-state index contributed by atoms with van der Waals surface area (Å²) in [6.07, 6.45) is 1.93. The largest absolute Gasteiger partial charge is 0.485 e. The highest BCUT2D eigenvalue weighted by molar-refractivity contribution is 5.38. The van der Waals surface area contributed by atoms with Crippen molar-refractivity contribution in [1.82, 2.24) is 14.5 Å². The summed E-state index contributed by atoms with van der Waals surface area (Å²) < 4.78 is 8.45. The molecule has 0 saturated carbocycles. The summed E-state index contributed by atoms with van der Waals surface area (Å²) in [5.74, 6) is 1.54. The molecule has 166 valence electrons. The van der Waals surface area contributed by atoms with Crippen LogP contribution in [0.2, 0.25) is 0 Å². The Bertz CT molecular complexity index is 1010. The van der Waals surface area contributed by atoms with E-state index in [2.05, 4.69) is 77.3 Å². The van der Waals surface area contributed by atoms with Gasteiger partial charge in [-0.05, 0) is 62.1 Å². The van der Waals surface area contributed by atoms with E-state index >= 15 is 0 Å². The van der Waals surface area contributed by atoms with E-state index in [0.717, 1.165) is 52.9 Å². The molecule has 0 spiro atoms. The van der Waals surface area contributed by atoms with Crippen LogP contribution >= 0.6 is 0 Å². The number of hydrogen-bond acceptors (Lipinski definition) is 3. The van der Waals surface area contributed by atoms with Crippen molar-refractivity contribution in [2.45, 2.75) is 74.8 Å².